The van der Waals surface area contributed by atoms with Crippen molar-refractivity contribution in [3.05, 3.63) is 69.3 Å². The van der Waals surface area contributed by atoms with Gasteiger partial charge in [-0.05, 0) is 44.5 Å². The molecule has 192 valence electrons. The molecule has 0 unspecified atom stereocenters. The molecule has 5 rings (SSSR count). The summed E-state index contributed by atoms with van der Waals surface area (Å²) in [7, 11) is 1.77. The zero-order valence-electron chi connectivity index (χ0n) is 21.0. The Labute approximate surface area is 221 Å². The normalized spacial score (nSPS) is 11.6. The number of nitrogens with zero attached hydrogens (tertiary/aromatic N) is 5. The third kappa shape index (κ3) is 4.46. The highest BCUT2D eigenvalue weighted by molar-refractivity contribution is 6.38. The van der Waals surface area contributed by atoms with E-state index >= 15 is 0 Å². The molecular weight excluding hydrogens is 508 g/mol. The first-order chi connectivity index (χ1) is 18.1. The van der Waals surface area contributed by atoms with Crippen molar-refractivity contribution >= 4 is 45.2 Å². The fourth-order valence-electron chi connectivity index (χ4n) is 4.28. The van der Waals surface area contributed by atoms with Crippen molar-refractivity contribution in [1.82, 2.24) is 35.3 Å². The minimum Gasteiger partial charge on any atom is -0.444 e. The molecule has 0 saturated carbocycles. The number of fused-ring (bicyclic) bond motifs is 2. The number of H-pyrrole nitrogens is 2. The summed E-state index contributed by atoms with van der Waals surface area (Å²) < 4.78 is 6.96. The minimum absolute atomic E-state index is 0.0368. The first kappa shape index (κ1) is 25.0. The summed E-state index contributed by atoms with van der Waals surface area (Å²) in [5.41, 5.74) is 3.54. The lowest BCUT2D eigenvalue weighted by atomic mass is 9.97. The molecule has 38 heavy (non-hydrogen) atoms. The fraction of sp³-hybridized carbons (Fsp3) is 0.231. The molecule has 3 N–H and O–H groups in total. The number of aromatic amines is 2. The zero-order valence-corrected chi connectivity index (χ0v) is 21.8. The average molecular weight is 531 g/mol. The smallest absolute Gasteiger partial charge is 0.407 e. The number of ether oxygens (including phenoxy) is 1. The van der Waals surface area contributed by atoms with Crippen molar-refractivity contribution in [2.24, 2.45) is 7.05 Å². The Morgan fingerprint density at radius 3 is 2.79 bits per heavy atom. The van der Waals surface area contributed by atoms with Gasteiger partial charge in [0, 0.05) is 23.6 Å². The van der Waals surface area contributed by atoms with Crippen LogP contribution in [-0.4, -0.2) is 41.6 Å². The second-order valence-electron chi connectivity index (χ2n) is 9.64. The summed E-state index contributed by atoms with van der Waals surface area (Å²) in [4.78, 5) is 35.7. The summed E-state index contributed by atoms with van der Waals surface area (Å²) in [6, 6.07) is 7.00. The van der Waals surface area contributed by atoms with Crippen LogP contribution < -0.4 is 10.9 Å². The average Bonchev–Trinajstić information content (AvgIpc) is 3.49. The highest BCUT2D eigenvalue weighted by atomic mass is 35.5. The zero-order chi connectivity index (χ0) is 27.2. The van der Waals surface area contributed by atoms with Crippen molar-refractivity contribution < 1.29 is 9.53 Å². The van der Waals surface area contributed by atoms with Crippen LogP contribution in [0.25, 0.3) is 49.0 Å². The topological polar surface area (TPSA) is 135 Å². The number of aryl methyl sites for hydroxylation is 1. The van der Waals surface area contributed by atoms with E-state index in [-0.39, 0.29) is 12.1 Å². The summed E-state index contributed by atoms with van der Waals surface area (Å²) in [6.45, 7) is 13.1. The van der Waals surface area contributed by atoms with E-state index in [0.29, 0.717) is 55.0 Å². The van der Waals surface area contributed by atoms with Crippen LogP contribution in [0, 0.1) is 6.57 Å². The second kappa shape index (κ2) is 9.32. The molecule has 0 atom stereocenters. The molecule has 0 saturated heterocycles. The number of carbonyl (C=O) groups excluding carboxylic acids is 1. The van der Waals surface area contributed by atoms with Gasteiger partial charge in [0.25, 0.3) is 5.56 Å². The van der Waals surface area contributed by atoms with Gasteiger partial charge in [-0.15, -0.1) is 0 Å². The molecule has 0 aliphatic heterocycles. The van der Waals surface area contributed by atoms with E-state index in [4.69, 9.17) is 22.9 Å². The predicted octanol–water partition coefficient (Wildman–Crippen LogP) is 5.10. The Bertz CT molecular complexity index is 1820. The molecule has 12 heteroatoms. The summed E-state index contributed by atoms with van der Waals surface area (Å²) in [5.74, 6) is 0. The summed E-state index contributed by atoms with van der Waals surface area (Å²) in [6.07, 6.45) is 2.60. The van der Waals surface area contributed by atoms with Gasteiger partial charge >= 0.3 is 6.09 Å². The fourth-order valence-corrected chi connectivity index (χ4v) is 4.62. The maximum atomic E-state index is 12.5. The standard InChI is InChI=1S/C26H23ClN8O3/c1-26(2,3)38-25(37)29-11-19-15-8-13(6-7-14(15)24(36)34-33-19)16-10-32-35(5)23(16)20-17(28-4)9-18-22(21(20)27)31-12-30-18/h6-10,12H,11H2,1-3,5H3,(H,29,37)(H,30,31)(H,34,36). The number of benzene rings is 2. The van der Waals surface area contributed by atoms with Crippen molar-refractivity contribution in [3.8, 4) is 22.4 Å². The molecule has 0 aliphatic rings. The van der Waals surface area contributed by atoms with Crippen molar-refractivity contribution in [2.75, 3.05) is 0 Å². The van der Waals surface area contributed by atoms with E-state index in [0.717, 1.165) is 5.56 Å². The Morgan fingerprint density at radius 1 is 1.26 bits per heavy atom. The Hall–Kier alpha value is -4.69. The lowest BCUT2D eigenvalue weighted by Gasteiger charge is -2.19. The minimum atomic E-state index is -0.654. The molecule has 11 nitrogen and oxygen atoms in total. The van der Waals surface area contributed by atoms with E-state index < -0.39 is 11.7 Å². The lowest BCUT2D eigenvalue weighted by molar-refractivity contribution is 0.0523. The molecule has 5 aromatic rings. The quantitative estimate of drug-likeness (QED) is 0.277. The molecule has 0 bridgehead atoms. The number of nitrogens with one attached hydrogen (secondary N) is 3. The molecular formula is C26H23ClN8O3. The number of alkyl carbamates (subject to hydrolysis) is 1. The SMILES string of the molecule is [C-]#[N+]c1cc2[nH]cnc2c(Cl)c1-c1c(-c2ccc3c(=O)[nH]nc(CNC(=O)OC(C)(C)C)c3c2)cnn1C. The number of amides is 1. The van der Waals surface area contributed by atoms with Crippen LogP contribution >= 0.6 is 11.6 Å². The molecule has 0 fully saturated rings. The van der Waals surface area contributed by atoms with Gasteiger partial charge in [-0.25, -0.2) is 19.7 Å². The second-order valence-corrected chi connectivity index (χ2v) is 10.0. The van der Waals surface area contributed by atoms with Gasteiger partial charge in [-0.1, -0.05) is 17.7 Å². The van der Waals surface area contributed by atoms with E-state index in [1.807, 2.05) is 6.07 Å². The van der Waals surface area contributed by atoms with Gasteiger partial charge in [-0.3, -0.25) is 9.48 Å². The van der Waals surface area contributed by atoms with E-state index in [2.05, 4.69) is 35.4 Å². The molecule has 0 spiro atoms. The molecule has 1 amide bonds. The van der Waals surface area contributed by atoms with Crippen molar-refractivity contribution in [3.63, 3.8) is 0 Å². The molecule has 2 aromatic carbocycles. The molecule has 3 heterocycles. The number of halogens is 1. The van der Waals surface area contributed by atoms with Gasteiger partial charge in [0.05, 0.1) is 53.0 Å². The number of hydrogen-bond acceptors (Lipinski definition) is 6. The van der Waals surface area contributed by atoms with Gasteiger partial charge in [0.15, 0.2) is 5.69 Å². The Kier molecular flexibility index (Phi) is 6.12. The largest absolute Gasteiger partial charge is 0.444 e. The number of carbonyl (C=O) groups is 1. The lowest BCUT2D eigenvalue weighted by Crippen LogP contribution is -2.32. The molecule has 3 aromatic heterocycles. The maximum absolute atomic E-state index is 12.5. The van der Waals surface area contributed by atoms with Crippen molar-refractivity contribution in [2.45, 2.75) is 32.9 Å². The van der Waals surface area contributed by atoms with Gasteiger partial charge in [-0.2, -0.15) is 10.2 Å². The number of hydrogen-bond donors (Lipinski definition) is 3. The van der Waals surface area contributed by atoms with Crippen LogP contribution in [0.5, 0.6) is 0 Å². The number of imidazole rings is 1. The Balaban J connectivity index is 1.63. The first-order valence-corrected chi connectivity index (χ1v) is 12.0. The highest BCUT2D eigenvalue weighted by Crippen LogP contribution is 2.44. The van der Waals surface area contributed by atoms with Gasteiger partial charge in [0.2, 0.25) is 0 Å². The van der Waals surface area contributed by atoms with E-state index in [9.17, 15) is 9.59 Å². The van der Waals surface area contributed by atoms with Crippen LogP contribution in [0.2, 0.25) is 5.02 Å². The van der Waals surface area contributed by atoms with Crippen LogP contribution in [0.4, 0.5) is 10.5 Å². The monoisotopic (exact) mass is 530 g/mol. The first-order valence-electron chi connectivity index (χ1n) is 11.6. The highest BCUT2D eigenvalue weighted by Gasteiger charge is 2.23. The number of aromatic nitrogens is 6. The molecule has 0 radical (unpaired) electrons. The summed E-state index contributed by atoms with van der Waals surface area (Å²) >= 11 is 6.77. The van der Waals surface area contributed by atoms with Crippen molar-refractivity contribution in [1.29, 1.82) is 0 Å². The van der Waals surface area contributed by atoms with Crippen LogP contribution in [0.1, 0.15) is 26.5 Å². The van der Waals surface area contributed by atoms with Crippen LogP contribution in [0.3, 0.4) is 0 Å². The summed E-state index contributed by atoms with van der Waals surface area (Å²) in [5, 5.41) is 15.1. The van der Waals surface area contributed by atoms with E-state index in [1.54, 1.807) is 56.9 Å². The van der Waals surface area contributed by atoms with Crippen LogP contribution in [0.15, 0.2) is 41.6 Å². The third-order valence-corrected chi connectivity index (χ3v) is 6.27. The predicted molar refractivity (Wildman–Crippen MR) is 144 cm³/mol. The van der Waals surface area contributed by atoms with Gasteiger partial charge in [0.1, 0.15) is 11.1 Å². The maximum Gasteiger partial charge on any atom is 0.407 e. The Morgan fingerprint density at radius 2 is 2.05 bits per heavy atom. The van der Waals surface area contributed by atoms with Crippen LogP contribution in [-0.2, 0) is 18.3 Å². The molecule has 0 aliphatic carbocycles. The van der Waals surface area contributed by atoms with Gasteiger partial charge < -0.3 is 15.0 Å². The third-order valence-electron chi connectivity index (χ3n) is 5.91. The number of rotatable bonds is 4. The van der Waals surface area contributed by atoms with E-state index in [1.165, 1.54) is 6.33 Å².